The zero-order chi connectivity index (χ0) is 13.9. The Kier molecular flexibility index (Phi) is 3.56. The van der Waals surface area contributed by atoms with Crippen molar-refractivity contribution in [3.63, 3.8) is 0 Å². The third kappa shape index (κ3) is 2.60. The zero-order valence-corrected chi connectivity index (χ0v) is 11.2. The van der Waals surface area contributed by atoms with Gasteiger partial charge in [0.05, 0.1) is 26.2 Å². The van der Waals surface area contributed by atoms with E-state index >= 15 is 0 Å². The molecule has 0 bridgehead atoms. The first-order valence-electron chi connectivity index (χ1n) is 6.55. The summed E-state index contributed by atoms with van der Waals surface area (Å²) in [6.45, 7) is 1.43. The first-order chi connectivity index (χ1) is 9.76. The first kappa shape index (κ1) is 12.9. The van der Waals surface area contributed by atoms with Gasteiger partial charge in [0.1, 0.15) is 11.3 Å². The van der Waals surface area contributed by atoms with Crippen LogP contribution in [0.3, 0.4) is 0 Å². The van der Waals surface area contributed by atoms with Crippen LogP contribution in [0.15, 0.2) is 22.6 Å². The predicted molar refractivity (Wildman–Crippen MR) is 71.3 cm³/mol. The van der Waals surface area contributed by atoms with Crippen LogP contribution in [0.1, 0.15) is 12.3 Å². The molecular weight excluding hydrogens is 260 g/mol. The summed E-state index contributed by atoms with van der Waals surface area (Å²) in [6, 6.07) is 5.41. The number of fused-ring (bicyclic) bond motifs is 1. The Morgan fingerprint density at radius 1 is 1.55 bits per heavy atom. The van der Waals surface area contributed by atoms with Crippen LogP contribution < -0.4 is 10.1 Å². The van der Waals surface area contributed by atoms with E-state index in [0.29, 0.717) is 24.7 Å². The molecule has 0 aliphatic carbocycles. The van der Waals surface area contributed by atoms with Crippen molar-refractivity contribution in [2.24, 2.45) is 5.92 Å². The molecule has 0 saturated carbocycles. The molecule has 1 fully saturated rings. The lowest BCUT2D eigenvalue weighted by molar-refractivity contribution is -0.125. The number of aromatic nitrogens is 1. The minimum atomic E-state index is -0.0560. The topological polar surface area (TPSA) is 73.6 Å². The third-order valence-electron chi connectivity index (χ3n) is 3.35. The zero-order valence-electron chi connectivity index (χ0n) is 11.2. The number of amides is 1. The van der Waals surface area contributed by atoms with E-state index in [1.54, 1.807) is 19.2 Å². The SMILES string of the molecule is COc1ccc2oc(CNC(=O)[C@@H]3CCOC3)nc2c1. The number of carbonyl (C=O) groups is 1. The van der Waals surface area contributed by atoms with E-state index < -0.39 is 0 Å². The summed E-state index contributed by atoms with van der Waals surface area (Å²) in [5.74, 6) is 1.15. The smallest absolute Gasteiger partial charge is 0.225 e. The Labute approximate surface area is 116 Å². The number of hydrogen-bond donors (Lipinski definition) is 1. The average Bonchev–Trinajstić information content (AvgIpc) is 3.12. The van der Waals surface area contributed by atoms with E-state index in [2.05, 4.69) is 10.3 Å². The van der Waals surface area contributed by atoms with Crippen molar-refractivity contribution in [2.45, 2.75) is 13.0 Å². The van der Waals surface area contributed by atoms with Crippen molar-refractivity contribution < 1.29 is 18.7 Å². The molecule has 2 aromatic rings. The molecule has 1 aromatic heterocycles. The molecule has 106 valence electrons. The second-order valence-corrected chi connectivity index (χ2v) is 4.72. The van der Waals surface area contributed by atoms with Crippen molar-refractivity contribution in [3.8, 4) is 5.75 Å². The maximum absolute atomic E-state index is 11.9. The van der Waals surface area contributed by atoms with E-state index in [0.717, 1.165) is 17.7 Å². The Bertz CT molecular complexity index is 617. The van der Waals surface area contributed by atoms with Gasteiger partial charge in [0, 0.05) is 12.7 Å². The van der Waals surface area contributed by atoms with Gasteiger partial charge in [0.2, 0.25) is 11.8 Å². The maximum atomic E-state index is 11.9. The fourth-order valence-corrected chi connectivity index (χ4v) is 2.21. The van der Waals surface area contributed by atoms with Gasteiger partial charge in [-0.15, -0.1) is 0 Å². The minimum Gasteiger partial charge on any atom is -0.497 e. The molecule has 3 rings (SSSR count). The fraction of sp³-hybridized carbons (Fsp3) is 0.429. The van der Waals surface area contributed by atoms with E-state index in [-0.39, 0.29) is 18.4 Å². The van der Waals surface area contributed by atoms with Crippen LogP contribution in [-0.2, 0) is 16.1 Å². The van der Waals surface area contributed by atoms with Crippen molar-refractivity contribution in [3.05, 3.63) is 24.1 Å². The molecule has 1 atom stereocenters. The summed E-state index contributed by atoms with van der Waals surface area (Å²) >= 11 is 0. The molecule has 6 heteroatoms. The number of carbonyl (C=O) groups excluding carboxylic acids is 1. The summed E-state index contributed by atoms with van der Waals surface area (Å²) in [6.07, 6.45) is 0.774. The molecule has 2 heterocycles. The highest BCUT2D eigenvalue weighted by Crippen LogP contribution is 2.21. The Hall–Kier alpha value is -2.08. The van der Waals surface area contributed by atoms with Crippen molar-refractivity contribution in [2.75, 3.05) is 20.3 Å². The molecule has 1 aromatic carbocycles. The first-order valence-corrected chi connectivity index (χ1v) is 6.55. The Morgan fingerprint density at radius 3 is 3.20 bits per heavy atom. The van der Waals surface area contributed by atoms with E-state index in [4.69, 9.17) is 13.9 Å². The second-order valence-electron chi connectivity index (χ2n) is 4.72. The average molecular weight is 276 g/mol. The fourth-order valence-electron chi connectivity index (χ4n) is 2.21. The largest absolute Gasteiger partial charge is 0.497 e. The lowest BCUT2D eigenvalue weighted by atomic mass is 10.1. The molecule has 0 spiro atoms. The molecular formula is C14H16N2O4. The summed E-state index contributed by atoms with van der Waals surface area (Å²) in [7, 11) is 1.60. The number of methoxy groups -OCH3 is 1. The van der Waals surface area contributed by atoms with Gasteiger partial charge >= 0.3 is 0 Å². The number of oxazole rings is 1. The number of nitrogens with zero attached hydrogens (tertiary/aromatic N) is 1. The molecule has 20 heavy (non-hydrogen) atoms. The molecule has 0 radical (unpaired) electrons. The highest BCUT2D eigenvalue weighted by Gasteiger charge is 2.23. The Morgan fingerprint density at radius 2 is 2.45 bits per heavy atom. The quantitative estimate of drug-likeness (QED) is 0.915. The van der Waals surface area contributed by atoms with Crippen LogP contribution in [0.4, 0.5) is 0 Å². The van der Waals surface area contributed by atoms with Gasteiger partial charge in [0.15, 0.2) is 5.58 Å². The van der Waals surface area contributed by atoms with Crippen LogP contribution in [-0.4, -0.2) is 31.2 Å². The lowest BCUT2D eigenvalue weighted by Gasteiger charge is -2.06. The summed E-state index contributed by atoms with van der Waals surface area (Å²) in [5.41, 5.74) is 1.40. The van der Waals surface area contributed by atoms with Gasteiger partial charge in [0.25, 0.3) is 0 Å². The molecule has 1 amide bonds. The summed E-state index contributed by atoms with van der Waals surface area (Å²) in [4.78, 5) is 16.2. The van der Waals surface area contributed by atoms with Gasteiger partial charge in [-0.3, -0.25) is 4.79 Å². The van der Waals surface area contributed by atoms with Crippen molar-refractivity contribution in [1.29, 1.82) is 0 Å². The van der Waals surface area contributed by atoms with E-state index in [1.807, 2.05) is 6.07 Å². The molecule has 0 unspecified atom stereocenters. The summed E-state index contributed by atoms with van der Waals surface area (Å²) < 4.78 is 15.9. The number of hydrogen-bond acceptors (Lipinski definition) is 5. The van der Waals surface area contributed by atoms with Crippen molar-refractivity contribution >= 4 is 17.0 Å². The number of nitrogens with one attached hydrogen (secondary N) is 1. The summed E-state index contributed by atoms with van der Waals surface area (Å²) in [5, 5.41) is 2.82. The monoisotopic (exact) mass is 276 g/mol. The third-order valence-corrected chi connectivity index (χ3v) is 3.35. The number of benzene rings is 1. The van der Waals surface area contributed by atoms with Gasteiger partial charge in [-0.2, -0.15) is 0 Å². The van der Waals surface area contributed by atoms with Gasteiger partial charge in [-0.1, -0.05) is 0 Å². The predicted octanol–water partition coefficient (Wildman–Crippen LogP) is 1.49. The molecule has 1 saturated heterocycles. The lowest BCUT2D eigenvalue weighted by Crippen LogP contribution is -2.30. The standard InChI is InChI=1S/C14H16N2O4/c1-18-10-2-3-12-11(6-10)16-13(20-12)7-15-14(17)9-4-5-19-8-9/h2-3,6,9H,4-5,7-8H2,1H3,(H,15,17)/t9-/m1/s1. The van der Waals surface area contributed by atoms with Gasteiger partial charge in [-0.05, 0) is 18.6 Å². The normalized spacial score (nSPS) is 18.4. The van der Waals surface area contributed by atoms with Crippen molar-refractivity contribution in [1.82, 2.24) is 10.3 Å². The maximum Gasteiger partial charge on any atom is 0.225 e. The highest BCUT2D eigenvalue weighted by atomic mass is 16.5. The molecule has 1 aliphatic rings. The van der Waals surface area contributed by atoms with Gasteiger partial charge in [-0.25, -0.2) is 4.98 Å². The number of ether oxygens (including phenoxy) is 2. The number of rotatable bonds is 4. The van der Waals surface area contributed by atoms with Crippen LogP contribution in [0, 0.1) is 5.92 Å². The highest BCUT2D eigenvalue weighted by molar-refractivity contribution is 5.79. The minimum absolute atomic E-state index is 0.0117. The van der Waals surface area contributed by atoms with Gasteiger partial charge < -0.3 is 19.2 Å². The van der Waals surface area contributed by atoms with Crippen LogP contribution in [0.25, 0.3) is 11.1 Å². The van der Waals surface area contributed by atoms with E-state index in [1.165, 1.54) is 0 Å². The van der Waals surface area contributed by atoms with Crippen LogP contribution >= 0.6 is 0 Å². The molecule has 6 nitrogen and oxygen atoms in total. The van der Waals surface area contributed by atoms with E-state index in [9.17, 15) is 4.79 Å². The molecule has 1 aliphatic heterocycles. The van der Waals surface area contributed by atoms with Crippen LogP contribution in [0.5, 0.6) is 5.75 Å². The Balaban J connectivity index is 1.66. The second kappa shape index (κ2) is 5.50. The molecule has 1 N–H and O–H groups in total. The van der Waals surface area contributed by atoms with Crippen LogP contribution in [0.2, 0.25) is 0 Å².